The van der Waals surface area contributed by atoms with Crippen LogP contribution in [-0.4, -0.2) is 44.0 Å². The van der Waals surface area contributed by atoms with Gasteiger partial charge >= 0.3 is 0 Å². The van der Waals surface area contributed by atoms with Crippen molar-refractivity contribution in [2.45, 2.75) is 6.54 Å². The standard InChI is InChI=1S/C8H10N6O3S/c1-13-11-8(10-12-13)7-2-3-14(9-6-7)4-5-18(15,16)17/h2-3,6H,4-5H2,1H3/p+1. The molecule has 0 spiro atoms. The molecule has 0 saturated heterocycles. The summed E-state index contributed by atoms with van der Waals surface area (Å²) < 4.78 is 31.2. The first-order valence-corrected chi connectivity index (χ1v) is 6.60. The lowest BCUT2D eigenvalue weighted by Gasteiger charge is -1.94. The molecule has 0 radical (unpaired) electrons. The van der Waals surface area contributed by atoms with Gasteiger partial charge in [-0.3, -0.25) is 4.55 Å². The van der Waals surface area contributed by atoms with Crippen LogP contribution in [0.5, 0.6) is 0 Å². The molecule has 2 aromatic rings. The van der Waals surface area contributed by atoms with E-state index >= 15 is 0 Å². The summed E-state index contributed by atoms with van der Waals surface area (Å²) in [7, 11) is -2.33. The van der Waals surface area contributed by atoms with Crippen molar-refractivity contribution in [3.8, 4) is 11.4 Å². The summed E-state index contributed by atoms with van der Waals surface area (Å²) in [5.74, 6) is 0.0554. The van der Waals surface area contributed by atoms with Crippen LogP contribution in [0.1, 0.15) is 0 Å². The third-order valence-electron chi connectivity index (χ3n) is 2.12. The van der Waals surface area contributed by atoms with E-state index in [0.717, 1.165) is 0 Å². The van der Waals surface area contributed by atoms with E-state index in [-0.39, 0.29) is 12.3 Å². The van der Waals surface area contributed by atoms with Crippen molar-refractivity contribution in [2.75, 3.05) is 5.75 Å². The van der Waals surface area contributed by atoms with Gasteiger partial charge in [-0.05, 0) is 10.3 Å². The second-order valence-electron chi connectivity index (χ2n) is 3.57. The second kappa shape index (κ2) is 4.74. The molecule has 0 amide bonds. The van der Waals surface area contributed by atoms with E-state index in [9.17, 15) is 8.42 Å². The van der Waals surface area contributed by atoms with Crippen LogP contribution in [-0.2, 0) is 23.7 Å². The molecular weight excluding hydrogens is 260 g/mol. The fourth-order valence-corrected chi connectivity index (χ4v) is 1.68. The molecule has 0 saturated carbocycles. The van der Waals surface area contributed by atoms with Crippen LogP contribution < -0.4 is 4.68 Å². The number of hydrogen-bond donors (Lipinski definition) is 1. The van der Waals surface area contributed by atoms with E-state index in [0.29, 0.717) is 11.4 Å². The number of aryl methyl sites for hydroxylation is 2. The van der Waals surface area contributed by atoms with Gasteiger partial charge in [0.1, 0.15) is 11.9 Å². The lowest BCUT2D eigenvalue weighted by Crippen LogP contribution is -2.40. The van der Waals surface area contributed by atoms with Gasteiger partial charge in [0.2, 0.25) is 5.82 Å². The van der Waals surface area contributed by atoms with Crippen LogP contribution in [0.4, 0.5) is 0 Å². The quantitative estimate of drug-likeness (QED) is 0.528. The van der Waals surface area contributed by atoms with Gasteiger partial charge in [0.05, 0.1) is 12.6 Å². The van der Waals surface area contributed by atoms with E-state index in [1.807, 2.05) is 0 Å². The molecule has 9 nitrogen and oxygen atoms in total. The first kappa shape index (κ1) is 12.5. The zero-order valence-corrected chi connectivity index (χ0v) is 10.3. The van der Waals surface area contributed by atoms with Crippen LogP contribution in [0.3, 0.4) is 0 Å². The molecule has 18 heavy (non-hydrogen) atoms. The topological polar surface area (TPSA) is 115 Å². The summed E-state index contributed by atoms with van der Waals surface area (Å²) in [6, 6.07) is 1.69. The molecule has 0 aromatic carbocycles. The molecule has 0 aliphatic carbocycles. The number of aromatic nitrogens is 6. The van der Waals surface area contributed by atoms with Gasteiger partial charge in [0.15, 0.2) is 12.7 Å². The van der Waals surface area contributed by atoms with E-state index in [4.69, 9.17) is 4.55 Å². The molecular formula is C8H11N6O3S+. The van der Waals surface area contributed by atoms with E-state index in [2.05, 4.69) is 20.5 Å². The van der Waals surface area contributed by atoms with Gasteiger partial charge in [0, 0.05) is 6.07 Å². The molecule has 1 N–H and O–H groups in total. The zero-order valence-electron chi connectivity index (χ0n) is 9.50. The summed E-state index contributed by atoms with van der Waals surface area (Å²) in [6.45, 7) is 0.0764. The Kier molecular flexibility index (Phi) is 3.30. The van der Waals surface area contributed by atoms with Crippen LogP contribution >= 0.6 is 0 Å². The Morgan fingerprint density at radius 3 is 2.78 bits per heavy atom. The minimum atomic E-state index is -3.98. The first-order valence-electron chi connectivity index (χ1n) is 4.99. The molecule has 2 aromatic heterocycles. The number of nitrogens with zero attached hydrogens (tertiary/aromatic N) is 6. The van der Waals surface area contributed by atoms with Gasteiger partial charge in [-0.1, -0.05) is 4.68 Å². The average molecular weight is 271 g/mol. The Morgan fingerprint density at radius 2 is 2.28 bits per heavy atom. The summed E-state index contributed by atoms with van der Waals surface area (Å²) in [4.78, 5) is 1.33. The molecule has 0 bridgehead atoms. The number of rotatable bonds is 4. The Labute approximate surface area is 103 Å². The van der Waals surface area contributed by atoms with Crippen molar-refractivity contribution in [2.24, 2.45) is 7.05 Å². The van der Waals surface area contributed by atoms with Gasteiger partial charge in [-0.15, -0.1) is 10.2 Å². The minimum Gasteiger partial charge on any atom is -0.285 e. The van der Waals surface area contributed by atoms with Crippen LogP contribution in [0, 0.1) is 0 Å². The monoisotopic (exact) mass is 271 g/mol. The summed E-state index contributed by atoms with van der Waals surface area (Å²) >= 11 is 0. The van der Waals surface area contributed by atoms with Crippen molar-refractivity contribution in [3.63, 3.8) is 0 Å². The maximum Gasteiger partial charge on any atom is 0.271 e. The highest BCUT2D eigenvalue weighted by Gasteiger charge is 2.12. The lowest BCUT2D eigenvalue weighted by atomic mass is 10.3. The van der Waals surface area contributed by atoms with Gasteiger partial charge < -0.3 is 0 Å². The smallest absolute Gasteiger partial charge is 0.271 e. The highest BCUT2D eigenvalue weighted by Crippen LogP contribution is 2.08. The maximum atomic E-state index is 10.6. The van der Waals surface area contributed by atoms with E-state index in [1.165, 1.54) is 15.7 Å². The van der Waals surface area contributed by atoms with Crippen molar-refractivity contribution in [1.29, 1.82) is 0 Å². The fraction of sp³-hybridized carbons (Fsp3) is 0.375. The van der Waals surface area contributed by atoms with Gasteiger partial charge in [-0.2, -0.15) is 13.2 Å². The molecule has 0 atom stereocenters. The molecule has 96 valence electrons. The third-order valence-corrected chi connectivity index (χ3v) is 2.81. The zero-order chi connectivity index (χ0) is 13.2. The molecule has 10 heteroatoms. The maximum absolute atomic E-state index is 10.6. The normalized spacial score (nSPS) is 11.7. The van der Waals surface area contributed by atoms with Gasteiger partial charge in [0.25, 0.3) is 10.1 Å². The Balaban J connectivity index is 2.10. The molecule has 0 fully saturated rings. The van der Waals surface area contributed by atoms with Gasteiger partial charge in [-0.25, -0.2) is 0 Å². The highest BCUT2D eigenvalue weighted by atomic mass is 32.2. The second-order valence-corrected chi connectivity index (χ2v) is 5.14. The van der Waals surface area contributed by atoms with Crippen LogP contribution in [0.25, 0.3) is 11.4 Å². The fourth-order valence-electron chi connectivity index (χ4n) is 1.26. The average Bonchev–Trinajstić information content (AvgIpc) is 2.73. The lowest BCUT2D eigenvalue weighted by molar-refractivity contribution is -0.750. The minimum absolute atomic E-state index is 0.0764. The van der Waals surface area contributed by atoms with Crippen molar-refractivity contribution in [1.82, 2.24) is 25.3 Å². The highest BCUT2D eigenvalue weighted by molar-refractivity contribution is 7.85. The van der Waals surface area contributed by atoms with E-state index in [1.54, 1.807) is 19.3 Å². The Hall–Kier alpha value is -1.94. The number of tetrazole rings is 1. The molecule has 0 aliphatic rings. The van der Waals surface area contributed by atoms with Crippen molar-refractivity contribution >= 4 is 10.1 Å². The largest absolute Gasteiger partial charge is 0.285 e. The third kappa shape index (κ3) is 3.28. The predicted octanol–water partition coefficient (Wildman–Crippen LogP) is -1.55. The van der Waals surface area contributed by atoms with Crippen LogP contribution in [0.15, 0.2) is 18.5 Å². The summed E-state index contributed by atoms with van der Waals surface area (Å²) in [5.41, 5.74) is 0.672. The summed E-state index contributed by atoms with van der Waals surface area (Å²) in [6.07, 6.45) is 3.08. The molecule has 0 aliphatic heterocycles. The van der Waals surface area contributed by atoms with Crippen molar-refractivity contribution in [3.05, 3.63) is 18.5 Å². The number of hydrogen-bond acceptors (Lipinski definition) is 6. The molecule has 0 unspecified atom stereocenters. The summed E-state index contributed by atoms with van der Waals surface area (Å²) in [5, 5.41) is 15.5. The predicted molar refractivity (Wildman–Crippen MR) is 58.6 cm³/mol. The van der Waals surface area contributed by atoms with E-state index < -0.39 is 10.1 Å². The van der Waals surface area contributed by atoms with Crippen molar-refractivity contribution < 1.29 is 17.7 Å². The Bertz CT molecular complexity index is 635. The Morgan fingerprint density at radius 1 is 1.50 bits per heavy atom. The molecule has 2 heterocycles. The SMILES string of the molecule is Cn1nnc(-c2cc[n+](CCS(=O)(=O)O)nc2)n1. The van der Waals surface area contributed by atoms with Crippen LogP contribution in [0.2, 0.25) is 0 Å². The first-order chi connectivity index (χ1) is 8.44. The molecule has 2 rings (SSSR count).